The van der Waals surface area contributed by atoms with Crippen molar-refractivity contribution < 1.29 is 19.1 Å². The maximum absolute atomic E-state index is 12.3. The molecule has 0 aliphatic rings. The number of aromatic nitrogens is 2. The largest absolute Gasteiger partial charge is 0.496 e. The van der Waals surface area contributed by atoms with Crippen LogP contribution in [-0.4, -0.2) is 36.0 Å². The van der Waals surface area contributed by atoms with Crippen molar-refractivity contribution in [3.05, 3.63) is 115 Å². The fourth-order valence-corrected chi connectivity index (χ4v) is 4.65. The number of rotatable bonds is 6. The molecular weight excluding hydrogens is 656 g/mol. The average Bonchev–Trinajstić information content (AvgIpc) is 2.98. The second kappa shape index (κ2) is 13.2. The summed E-state index contributed by atoms with van der Waals surface area (Å²) in [5, 5.41) is 3.22. The lowest BCUT2D eigenvalue weighted by atomic mass is 10.1. The van der Waals surface area contributed by atoms with Gasteiger partial charge in [0.05, 0.1) is 47.5 Å². The van der Waals surface area contributed by atoms with E-state index in [2.05, 4.69) is 47.1 Å². The first-order valence-corrected chi connectivity index (χ1v) is 13.7. The van der Waals surface area contributed by atoms with E-state index in [1.165, 1.54) is 7.11 Å². The molecule has 1 heterocycles. The van der Waals surface area contributed by atoms with E-state index < -0.39 is 5.91 Å². The van der Waals surface area contributed by atoms with Gasteiger partial charge in [-0.15, -0.1) is 0 Å². The summed E-state index contributed by atoms with van der Waals surface area (Å²) in [5.74, 6) is 0.631. The molecule has 0 saturated heterocycles. The highest BCUT2D eigenvalue weighted by Crippen LogP contribution is 2.27. The molecule has 0 atom stereocenters. The summed E-state index contributed by atoms with van der Waals surface area (Å²) in [4.78, 5) is 43.2. The van der Waals surface area contributed by atoms with Crippen molar-refractivity contribution in [1.29, 1.82) is 0 Å². The van der Waals surface area contributed by atoms with Crippen molar-refractivity contribution >= 4 is 60.3 Å². The summed E-state index contributed by atoms with van der Waals surface area (Å²) < 4.78 is 12.0. The molecule has 0 spiro atoms. The lowest BCUT2D eigenvalue weighted by Crippen LogP contribution is -2.18. The Morgan fingerprint density at radius 3 is 2.17 bits per heavy atom. The van der Waals surface area contributed by atoms with E-state index in [0.717, 1.165) is 10.0 Å². The summed E-state index contributed by atoms with van der Waals surface area (Å²) >= 11 is 6.61. The number of fused-ring (bicyclic) bond motifs is 1. The molecule has 2 amide bonds. The van der Waals surface area contributed by atoms with Crippen molar-refractivity contribution in [2.24, 2.45) is 5.73 Å². The van der Waals surface area contributed by atoms with Crippen LogP contribution in [0.4, 0.5) is 5.69 Å². The van der Waals surface area contributed by atoms with Crippen LogP contribution in [0.1, 0.15) is 20.7 Å². The summed E-state index contributed by atoms with van der Waals surface area (Å²) in [5.41, 5.74) is 7.51. The molecular formula is C30H24Br2N4O5. The molecule has 4 aromatic carbocycles. The number of benzene rings is 4. The zero-order chi connectivity index (χ0) is 29.5. The molecule has 0 unspecified atom stereocenters. The normalized spacial score (nSPS) is 10.3. The minimum absolute atomic E-state index is 0.169. The zero-order valence-electron chi connectivity index (χ0n) is 21.9. The first-order chi connectivity index (χ1) is 19.7. The number of hydrogen-bond acceptors (Lipinski definition) is 6. The minimum Gasteiger partial charge on any atom is -0.496 e. The molecule has 5 rings (SSSR count). The third-order valence-corrected chi connectivity index (χ3v) is 6.86. The Hall–Kier alpha value is -4.48. The SMILES string of the molecule is COc1ccccc1-c1nc2ccc(Br)cc2c(=O)[nH]1.COc1ccccc1C(=O)Nc1ccc(Br)cc1C(N)=O. The van der Waals surface area contributed by atoms with Crippen LogP contribution < -0.4 is 26.1 Å². The van der Waals surface area contributed by atoms with Gasteiger partial charge in [-0.05, 0) is 60.7 Å². The number of halogens is 2. The average molecular weight is 680 g/mol. The number of nitrogens with zero attached hydrogens (tertiary/aromatic N) is 1. The lowest BCUT2D eigenvalue weighted by Gasteiger charge is -2.11. The summed E-state index contributed by atoms with van der Waals surface area (Å²) in [6, 6.07) is 24.6. The molecule has 9 nitrogen and oxygen atoms in total. The van der Waals surface area contributed by atoms with Crippen LogP contribution in [0.2, 0.25) is 0 Å². The van der Waals surface area contributed by atoms with Crippen LogP contribution in [-0.2, 0) is 0 Å². The number of methoxy groups -OCH3 is 2. The van der Waals surface area contributed by atoms with Gasteiger partial charge in [-0.2, -0.15) is 0 Å². The number of carbonyl (C=O) groups excluding carboxylic acids is 2. The molecule has 4 N–H and O–H groups in total. The number of para-hydroxylation sites is 2. The molecule has 41 heavy (non-hydrogen) atoms. The zero-order valence-corrected chi connectivity index (χ0v) is 25.1. The van der Waals surface area contributed by atoms with E-state index in [-0.39, 0.29) is 17.0 Å². The highest BCUT2D eigenvalue weighted by atomic mass is 79.9. The van der Waals surface area contributed by atoms with Crippen molar-refractivity contribution in [2.45, 2.75) is 0 Å². The minimum atomic E-state index is -0.619. The van der Waals surface area contributed by atoms with E-state index in [9.17, 15) is 14.4 Å². The molecule has 11 heteroatoms. The number of ether oxygens (including phenoxy) is 2. The maximum Gasteiger partial charge on any atom is 0.259 e. The van der Waals surface area contributed by atoms with Crippen LogP contribution in [0.25, 0.3) is 22.3 Å². The van der Waals surface area contributed by atoms with Gasteiger partial charge in [0.15, 0.2) is 0 Å². The number of nitrogens with two attached hydrogens (primary N) is 1. The third-order valence-electron chi connectivity index (χ3n) is 5.88. The van der Waals surface area contributed by atoms with Crippen molar-refractivity contribution in [2.75, 3.05) is 19.5 Å². The predicted molar refractivity (Wildman–Crippen MR) is 166 cm³/mol. The molecule has 1 aromatic heterocycles. The van der Waals surface area contributed by atoms with Gasteiger partial charge in [-0.1, -0.05) is 56.1 Å². The Morgan fingerprint density at radius 2 is 1.46 bits per heavy atom. The predicted octanol–water partition coefficient (Wildman–Crippen LogP) is 6.17. The van der Waals surface area contributed by atoms with Crippen molar-refractivity contribution in [1.82, 2.24) is 9.97 Å². The van der Waals surface area contributed by atoms with Gasteiger partial charge in [-0.25, -0.2) is 4.98 Å². The number of primary amides is 1. The van der Waals surface area contributed by atoms with Gasteiger partial charge in [-0.3, -0.25) is 14.4 Å². The number of anilines is 1. The van der Waals surface area contributed by atoms with E-state index in [0.29, 0.717) is 43.9 Å². The van der Waals surface area contributed by atoms with E-state index in [4.69, 9.17) is 15.2 Å². The molecule has 0 fully saturated rings. The highest BCUT2D eigenvalue weighted by Gasteiger charge is 2.16. The number of nitrogens with one attached hydrogen (secondary N) is 2. The summed E-state index contributed by atoms with van der Waals surface area (Å²) in [7, 11) is 3.08. The van der Waals surface area contributed by atoms with Crippen molar-refractivity contribution in [3.8, 4) is 22.9 Å². The second-order valence-corrected chi connectivity index (χ2v) is 10.3. The summed E-state index contributed by atoms with van der Waals surface area (Å²) in [6.45, 7) is 0. The smallest absolute Gasteiger partial charge is 0.259 e. The van der Waals surface area contributed by atoms with E-state index in [1.54, 1.807) is 55.6 Å². The van der Waals surface area contributed by atoms with E-state index in [1.807, 2.05) is 36.4 Å². The van der Waals surface area contributed by atoms with Gasteiger partial charge < -0.3 is 25.5 Å². The van der Waals surface area contributed by atoms with Gasteiger partial charge in [0.2, 0.25) is 0 Å². The molecule has 0 radical (unpaired) electrons. The Morgan fingerprint density at radius 1 is 0.829 bits per heavy atom. The number of carbonyl (C=O) groups is 2. The monoisotopic (exact) mass is 678 g/mol. The fraction of sp³-hybridized carbons (Fsp3) is 0.0667. The quantitative estimate of drug-likeness (QED) is 0.196. The number of aromatic amines is 1. The number of H-pyrrole nitrogens is 1. The fourth-order valence-electron chi connectivity index (χ4n) is 3.93. The van der Waals surface area contributed by atoms with Crippen LogP contribution in [0.3, 0.4) is 0 Å². The maximum atomic E-state index is 12.3. The number of hydrogen-bond donors (Lipinski definition) is 3. The Bertz CT molecular complexity index is 1810. The first-order valence-electron chi connectivity index (χ1n) is 12.1. The lowest BCUT2D eigenvalue weighted by molar-refractivity contribution is 0.100. The Balaban J connectivity index is 0.000000189. The van der Waals surface area contributed by atoms with Gasteiger partial charge in [0.25, 0.3) is 17.4 Å². The first kappa shape index (κ1) is 29.5. The molecule has 0 aliphatic heterocycles. The number of amides is 2. The molecule has 208 valence electrons. The van der Waals surface area contributed by atoms with Crippen LogP contribution in [0, 0.1) is 0 Å². The van der Waals surface area contributed by atoms with Gasteiger partial charge in [0, 0.05) is 8.95 Å². The molecule has 5 aromatic rings. The summed E-state index contributed by atoms with van der Waals surface area (Å²) in [6.07, 6.45) is 0. The van der Waals surface area contributed by atoms with E-state index >= 15 is 0 Å². The van der Waals surface area contributed by atoms with Crippen LogP contribution in [0.5, 0.6) is 11.5 Å². The Labute approximate surface area is 252 Å². The van der Waals surface area contributed by atoms with Crippen molar-refractivity contribution in [3.63, 3.8) is 0 Å². The Kier molecular flexibility index (Phi) is 9.53. The molecule has 0 saturated carbocycles. The topological polar surface area (TPSA) is 136 Å². The van der Waals surface area contributed by atoms with Gasteiger partial charge >= 0.3 is 0 Å². The third kappa shape index (κ3) is 7.00. The molecule has 0 bridgehead atoms. The molecule has 0 aliphatic carbocycles. The highest BCUT2D eigenvalue weighted by molar-refractivity contribution is 9.10. The van der Waals surface area contributed by atoms with Crippen LogP contribution in [0.15, 0.2) is 98.7 Å². The standard InChI is InChI=1S/C15H13BrN2O3.C15H11BrN2O2/c1-21-13-5-3-2-4-10(13)15(20)18-12-7-6-9(16)8-11(12)14(17)19;1-20-13-5-3-2-4-10(13)14-17-12-7-6-9(16)8-11(12)15(19)18-14/h2-8H,1H3,(H2,17,19)(H,18,20);2-8H,1H3,(H,17,18,19). The van der Waals surface area contributed by atoms with Gasteiger partial charge in [0.1, 0.15) is 17.3 Å². The second-order valence-electron chi connectivity index (χ2n) is 8.48. The van der Waals surface area contributed by atoms with Crippen LogP contribution >= 0.6 is 31.9 Å².